The summed E-state index contributed by atoms with van der Waals surface area (Å²) in [5.74, 6) is 0.470. The van der Waals surface area contributed by atoms with Gasteiger partial charge in [-0.25, -0.2) is 18.5 Å². The van der Waals surface area contributed by atoms with Crippen LogP contribution < -0.4 is 15.6 Å². The first-order valence-electron chi connectivity index (χ1n) is 11.0. The van der Waals surface area contributed by atoms with E-state index in [2.05, 4.69) is 22.2 Å². The van der Waals surface area contributed by atoms with Crippen molar-refractivity contribution >= 4 is 15.7 Å². The molecule has 3 aromatic rings. The molecular formula is C23H27N5O4S. The number of sulfonamides is 1. The molecule has 0 spiro atoms. The van der Waals surface area contributed by atoms with Gasteiger partial charge in [0.1, 0.15) is 12.1 Å². The van der Waals surface area contributed by atoms with Crippen LogP contribution in [-0.4, -0.2) is 43.0 Å². The Balaban J connectivity index is 1.40. The van der Waals surface area contributed by atoms with E-state index in [0.717, 1.165) is 36.1 Å². The van der Waals surface area contributed by atoms with Gasteiger partial charge in [-0.1, -0.05) is 12.1 Å². The van der Waals surface area contributed by atoms with E-state index in [4.69, 9.17) is 20.3 Å². The number of pyridine rings is 1. The van der Waals surface area contributed by atoms with Gasteiger partial charge in [-0.05, 0) is 60.9 Å². The second kappa shape index (κ2) is 8.44. The van der Waals surface area contributed by atoms with Gasteiger partial charge in [0.2, 0.25) is 5.88 Å². The Morgan fingerprint density at radius 2 is 1.97 bits per heavy atom. The Morgan fingerprint density at radius 3 is 2.73 bits per heavy atom. The molecule has 0 atom stereocenters. The number of benzene rings is 1. The maximum Gasteiger partial charge on any atom is 0.257 e. The topological polar surface area (TPSA) is 135 Å². The van der Waals surface area contributed by atoms with E-state index in [0.29, 0.717) is 31.9 Å². The summed E-state index contributed by atoms with van der Waals surface area (Å²) in [5, 5.41) is 9.31. The lowest BCUT2D eigenvalue weighted by molar-refractivity contribution is -0.01000. The van der Waals surface area contributed by atoms with Crippen molar-refractivity contribution in [3.8, 4) is 17.0 Å². The molecule has 1 saturated heterocycles. The highest BCUT2D eigenvalue weighted by molar-refractivity contribution is 7.89. The van der Waals surface area contributed by atoms with Gasteiger partial charge in [0, 0.05) is 42.9 Å². The van der Waals surface area contributed by atoms with Crippen LogP contribution in [0.2, 0.25) is 0 Å². The lowest BCUT2D eigenvalue weighted by Crippen LogP contribution is -2.45. The number of hydrogen-bond donors (Lipinski definition) is 2. The zero-order chi connectivity index (χ0) is 23.1. The number of hydrogen-bond acceptors (Lipinski definition) is 7. The molecule has 33 heavy (non-hydrogen) atoms. The molecule has 4 N–H and O–H groups in total. The molecule has 10 heteroatoms. The standard InChI is InChI=1S/C23H27N5O4S/c24-22-18-3-1-2-16(18)4-5-19(22)17-6-10-26-20(14-17)32-15-23(8-12-31-13-9-23)28-11-7-21(27-28)33(25,29)30/h4-7,10-11,14H,1-3,8-9,12-13,15,24H2,(H2,25,29,30). The summed E-state index contributed by atoms with van der Waals surface area (Å²) >= 11 is 0. The smallest absolute Gasteiger partial charge is 0.257 e. The molecule has 0 radical (unpaired) electrons. The number of fused-ring (bicyclic) bond motifs is 1. The Kier molecular flexibility index (Phi) is 5.59. The zero-order valence-electron chi connectivity index (χ0n) is 18.2. The molecule has 2 aromatic heterocycles. The Labute approximate surface area is 192 Å². The van der Waals surface area contributed by atoms with Crippen molar-refractivity contribution in [2.45, 2.75) is 42.7 Å². The Morgan fingerprint density at radius 1 is 1.15 bits per heavy atom. The van der Waals surface area contributed by atoms with Crippen molar-refractivity contribution in [1.29, 1.82) is 0 Å². The monoisotopic (exact) mass is 469 g/mol. The lowest BCUT2D eigenvalue weighted by atomic mass is 9.91. The van der Waals surface area contributed by atoms with Crippen LogP contribution >= 0.6 is 0 Å². The molecule has 1 fully saturated rings. The predicted molar refractivity (Wildman–Crippen MR) is 123 cm³/mol. The van der Waals surface area contributed by atoms with Crippen LogP contribution in [0.15, 0.2) is 47.8 Å². The van der Waals surface area contributed by atoms with Gasteiger partial charge < -0.3 is 15.2 Å². The number of nitrogens with zero attached hydrogens (tertiary/aromatic N) is 3. The van der Waals surface area contributed by atoms with Gasteiger partial charge >= 0.3 is 0 Å². The van der Waals surface area contributed by atoms with E-state index in [1.807, 2.05) is 12.1 Å². The molecule has 0 bridgehead atoms. The average molecular weight is 470 g/mol. The maximum atomic E-state index is 11.7. The minimum atomic E-state index is -3.89. The molecule has 5 rings (SSSR count). The minimum absolute atomic E-state index is 0.166. The van der Waals surface area contributed by atoms with E-state index in [9.17, 15) is 8.42 Å². The summed E-state index contributed by atoms with van der Waals surface area (Å²) in [6.45, 7) is 1.30. The van der Waals surface area contributed by atoms with Crippen LogP contribution in [0, 0.1) is 0 Å². The van der Waals surface area contributed by atoms with E-state index in [-0.39, 0.29) is 11.6 Å². The van der Waals surface area contributed by atoms with Gasteiger partial charge in [0.05, 0.1) is 0 Å². The summed E-state index contributed by atoms with van der Waals surface area (Å²) in [5.41, 5.74) is 11.3. The van der Waals surface area contributed by atoms with Gasteiger partial charge in [0.15, 0.2) is 5.03 Å². The third kappa shape index (κ3) is 4.21. The van der Waals surface area contributed by atoms with Crippen molar-refractivity contribution in [2.75, 3.05) is 25.6 Å². The summed E-state index contributed by atoms with van der Waals surface area (Å²) in [6, 6.07) is 9.45. The molecular weight excluding hydrogens is 442 g/mol. The van der Waals surface area contributed by atoms with Crippen molar-refractivity contribution in [3.05, 3.63) is 53.9 Å². The molecule has 1 aliphatic heterocycles. The van der Waals surface area contributed by atoms with E-state index < -0.39 is 15.6 Å². The van der Waals surface area contributed by atoms with Crippen molar-refractivity contribution in [3.63, 3.8) is 0 Å². The quantitative estimate of drug-likeness (QED) is 0.529. The van der Waals surface area contributed by atoms with E-state index in [1.165, 1.54) is 17.2 Å². The van der Waals surface area contributed by atoms with Gasteiger partial charge in [-0.15, -0.1) is 0 Å². The highest BCUT2D eigenvalue weighted by Crippen LogP contribution is 2.36. The Bertz CT molecular complexity index is 1280. The van der Waals surface area contributed by atoms with Gasteiger partial charge in [-0.3, -0.25) is 4.68 Å². The second-order valence-electron chi connectivity index (χ2n) is 8.67. The summed E-state index contributed by atoms with van der Waals surface area (Å²) in [7, 11) is -3.89. The highest BCUT2D eigenvalue weighted by atomic mass is 32.2. The van der Waals surface area contributed by atoms with E-state index >= 15 is 0 Å². The molecule has 3 heterocycles. The number of nitrogens with two attached hydrogens (primary N) is 2. The van der Waals surface area contributed by atoms with Gasteiger partial charge in [-0.2, -0.15) is 5.10 Å². The van der Waals surface area contributed by atoms with Gasteiger partial charge in [0.25, 0.3) is 10.0 Å². The number of rotatable bonds is 6. The minimum Gasteiger partial charge on any atom is -0.475 e. The molecule has 9 nitrogen and oxygen atoms in total. The van der Waals surface area contributed by atoms with Crippen LogP contribution in [0.4, 0.5) is 5.69 Å². The summed E-state index contributed by atoms with van der Waals surface area (Å²) in [6.07, 6.45) is 7.81. The molecule has 1 aromatic carbocycles. The van der Waals surface area contributed by atoms with E-state index in [1.54, 1.807) is 17.1 Å². The molecule has 0 saturated carbocycles. The van der Waals surface area contributed by atoms with Crippen molar-refractivity contribution < 1.29 is 17.9 Å². The fourth-order valence-electron chi connectivity index (χ4n) is 4.72. The number of primary sulfonamides is 1. The maximum absolute atomic E-state index is 11.7. The highest BCUT2D eigenvalue weighted by Gasteiger charge is 2.37. The number of ether oxygens (including phenoxy) is 2. The fourth-order valence-corrected chi connectivity index (χ4v) is 5.18. The molecule has 0 unspecified atom stereocenters. The van der Waals surface area contributed by atoms with Crippen LogP contribution in [0.1, 0.15) is 30.4 Å². The molecule has 1 aliphatic carbocycles. The largest absolute Gasteiger partial charge is 0.475 e. The zero-order valence-corrected chi connectivity index (χ0v) is 19.1. The summed E-state index contributed by atoms with van der Waals surface area (Å²) < 4.78 is 36.7. The third-order valence-electron chi connectivity index (χ3n) is 6.63. The SMILES string of the molecule is Nc1c(-c2ccnc(OCC3(n4ccc(S(N)(=O)=O)n4)CCOCC3)c2)ccc2c1CCC2. The lowest BCUT2D eigenvalue weighted by Gasteiger charge is -2.37. The first-order valence-corrected chi connectivity index (χ1v) is 12.6. The van der Waals surface area contributed by atoms with Crippen LogP contribution in [-0.2, 0) is 33.1 Å². The number of aryl methyl sites for hydroxylation is 1. The van der Waals surface area contributed by atoms with Crippen LogP contribution in [0.25, 0.3) is 11.1 Å². The van der Waals surface area contributed by atoms with Crippen LogP contribution in [0.5, 0.6) is 5.88 Å². The van der Waals surface area contributed by atoms with Crippen LogP contribution in [0.3, 0.4) is 0 Å². The number of anilines is 1. The first-order chi connectivity index (χ1) is 15.9. The third-order valence-corrected chi connectivity index (χ3v) is 7.43. The Hall–Kier alpha value is -2.95. The normalized spacial score (nSPS) is 17.6. The second-order valence-corrected chi connectivity index (χ2v) is 10.2. The number of nitrogen functional groups attached to an aromatic ring is 1. The van der Waals surface area contributed by atoms with Crippen molar-refractivity contribution in [2.24, 2.45) is 5.14 Å². The average Bonchev–Trinajstić information content (AvgIpc) is 3.49. The summed E-state index contributed by atoms with van der Waals surface area (Å²) in [4.78, 5) is 4.38. The molecule has 2 aliphatic rings. The first kappa shape index (κ1) is 21.9. The fraction of sp³-hybridized carbons (Fsp3) is 0.391. The van der Waals surface area contributed by atoms with Crippen molar-refractivity contribution in [1.82, 2.24) is 14.8 Å². The predicted octanol–water partition coefficient (Wildman–Crippen LogP) is 2.25. The molecule has 174 valence electrons. The number of aromatic nitrogens is 3. The molecule has 0 amide bonds.